The first-order valence-electron chi connectivity index (χ1n) is 11.7. The number of pyridine rings is 1. The van der Waals surface area contributed by atoms with Crippen LogP contribution in [-0.2, 0) is 17.9 Å². The van der Waals surface area contributed by atoms with Crippen LogP contribution < -0.4 is 10.9 Å². The summed E-state index contributed by atoms with van der Waals surface area (Å²) in [6.45, 7) is 6.29. The lowest BCUT2D eigenvalue weighted by molar-refractivity contribution is -0.136. The third-order valence-electron chi connectivity index (χ3n) is 7.45. The number of aromatic nitrogens is 1. The van der Waals surface area contributed by atoms with Crippen LogP contribution in [0.1, 0.15) is 62.1 Å². The van der Waals surface area contributed by atoms with E-state index in [1.807, 2.05) is 4.57 Å². The summed E-state index contributed by atoms with van der Waals surface area (Å²) in [4.78, 5) is 30.8. The molecule has 5 heterocycles. The van der Waals surface area contributed by atoms with Crippen molar-refractivity contribution in [2.45, 2.75) is 70.0 Å². The monoisotopic (exact) mass is 470 g/mol. The summed E-state index contributed by atoms with van der Waals surface area (Å²) in [6, 6.07) is 4.23. The number of fused-ring (bicyclic) bond motifs is 4. The molecule has 5 rings (SSSR count). The van der Waals surface area contributed by atoms with Gasteiger partial charge >= 0.3 is 0 Å². The Balaban J connectivity index is 0.00000136. The minimum atomic E-state index is -0.00307. The number of hydrogen-bond acceptors (Lipinski definition) is 4. The second kappa shape index (κ2) is 10.7. The molecule has 0 radical (unpaired) electrons. The molecule has 1 aromatic heterocycles. The van der Waals surface area contributed by atoms with E-state index in [9.17, 15) is 9.59 Å². The maximum absolute atomic E-state index is 13.2. The average Bonchev–Trinajstić information content (AvgIpc) is 2.77. The number of nitrogens with zero attached hydrogens (tertiary/aromatic N) is 3. The molecule has 1 aromatic rings. The van der Waals surface area contributed by atoms with Gasteiger partial charge in [0.25, 0.3) is 5.56 Å². The molecule has 0 spiro atoms. The maximum atomic E-state index is 13.2. The zero-order chi connectivity index (χ0) is 19.8. The van der Waals surface area contributed by atoms with Crippen LogP contribution in [-0.4, -0.2) is 59.0 Å². The van der Waals surface area contributed by atoms with Gasteiger partial charge in [0.05, 0.1) is 6.04 Å². The SMILES string of the molecule is Cl.Cl.O=C([C@@H]1CCCCN1)N1C[C@@H]2C[C@H](C1)c1ccc(CN3CCCCC3)c(=O)n1C2. The number of nitrogens with one attached hydrogen (secondary N) is 1. The largest absolute Gasteiger partial charge is 0.340 e. The normalized spacial score (nSPS) is 28.1. The molecule has 1 amide bonds. The number of likely N-dealkylation sites (tertiary alicyclic amines) is 2. The van der Waals surface area contributed by atoms with Crippen molar-refractivity contribution in [2.75, 3.05) is 32.7 Å². The maximum Gasteiger partial charge on any atom is 0.255 e. The Morgan fingerprint density at radius 2 is 1.81 bits per heavy atom. The van der Waals surface area contributed by atoms with Gasteiger partial charge in [0, 0.05) is 43.4 Å². The smallest absolute Gasteiger partial charge is 0.255 e. The van der Waals surface area contributed by atoms with Crippen molar-refractivity contribution in [3.8, 4) is 0 Å². The van der Waals surface area contributed by atoms with E-state index in [0.29, 0.717) is 11.8 Å². The predicted octanol–water partition coefficient (Wildman–Crippen LogP) is 2.77. The van der Waals surface area contributed by atoms with Crippen LogP contribution in [0.25, 0.3) is 0 Å². The third kappa shape index (κ3) is 5.13. The van der Waals surface area contributed by atoms with E-state index < -0.39 is 0 Å². The molecule has 8 heteroatoms. The predicted molar refractivity (Wildman–Crippen MR) is 127 cm³/mol. The van der Waals surface area contributed by atoms with Crippen LogP contribution >= 0.6 is 24.8 Å². The van der Waals surface area contributed by atoms with Crippen molar-refractivity contribution in [1.82, 2.24) is 19.7 Å². The van der Waals surface area contributed by atoms with Gasteiger partial charge < -0.3 is 14.8 Å². The van der Waals surface area contributed by atoms with E-state index in [1.165, 1.54) is 25.7 Å². The quantitative estimate of drug-likeness (QED) is 0.737. The van der Waals surface area contributed by atoms with Crippen molar-refractivity contribution < 1.29 is 4.79 Å². The van der Waals surface area contributed by atoms with Gasteiger partial charge in [-0.15, -0.1) is 24.8 Å². The summed E-state index contributed by atoms with van der Waals surface area (Å²) < 4.78 is 2.04. The van der Waals surface area contributed by atoms with Crippen LogP contribution in [0.3, 0.4) is 0 Å². The molecule has 3 atom stereocenters. The van der Waals surface area contributed by atoms with Crippen molar-refractivity contribution in [2.24, 2.45) is 5.92 Å². The highest BCUT2D eigenvalue weighted by Crippen LogP contribution is 2.35. The van der Waals surface area contributed by atoms with Crippen LogP contribution in [0.4, 0.5) is 0 Å². The van der Waals surface area contributed by atoms with Crippen molar-refractivity contribution in [3.05, 3.63) is 33.7 Å². The molecule has 0 aliphatic carbocycles. The van der Waals surface area contributed by atoms with Crippen LogP contribution in [0.2, 0.25) is 0 Å². The highest BCUT2D eigenvalue weighted by molar-refractivity contribution is 5.85. The van der Waals surface area contributed by atoms with Crippen LogP contribution in [0.15, 0.2) is 16.9 Å². The summed E-state index contributed by atoms with van der Waals surface area (Å²) in [5.74, 6) is 0.973. The minimum absolute atomic E-state index is 0. The first-order chi connectivity index (χ1) is 14.2. The Morgan fingerprint density at radius 1 is 1.00 bits per heavy atom. The molecule has 31 heavy (non-hydrogen) atoms. The molecule has 6 nitrogen and oxygen atoms in total. The van der Waals surface area contributed by atoms with Gasteiger partial charge in [-0.1, -0.05) is 18.9 Å². The molecule has 0 unspecified atom stereocenters. The van der Waals surface area contributed by atoms with E-state index in [4.69, 9.17) is 0 Å². The van der Waals surface area contributed by atoms with Gasteiger partial charge in [-0.2, -0.15) is 0 Å². The molecule has 0 saturated carbocycles. The first kappa shape index (κ1) is 24.6. The van der Waals surface area contributed by atoms with Gasteiger partial charge in [-0.3, -0.25) is 14.5 Å². The summed E-state index contributed by atoms with van der Waals surface area (Å²) in [5.41, 5.74) is 2.29. The van der Waals surface area contributed by atoms with Gasteiger partial charge in [0.2, 0.25) is 5.91 Å². The summed E-state index contributed by atoms with van der Waals surface area (Å²) >= 11 is 0. The number of rotatable bonds is 3. The molecule has 4 aliphatic rings. The van der Waals surface area contributed by atoms with Crippen LogP contribution in [0.5, 0.6) is 0 Å². The van der Waals surface area contributed by atoms with E-state index >= 15 is 0 Å². The Morgan fingerprint density at radius 3 is 2.55 bits per heavy atom. The number of carbonyl (C=O) groups is 1. The molecule has 3 saturated heterocycles. The van der Waals surface area contributed by atoms with E-state index in [1.54, 1.807) is 0 Å². The highest BCUT2D eigenvalue weighted by Gasteiger charge is 2.38. The van der Waals surface area contributed by atoms with Gasteiger partial charge in [-0.25, -0.2) is 0 Å². The summed E-state index contributed by atoms with van der Waals surface area (Å²) in [6.07, 6.45) is 8.18. The van der Waals surface area contributed by atoms with Crippen molar-refractivity contribution >= 4 is 30.7 Å². The fourth-order valence-corrected chi connectivity index (χ4v) is 5.93. The Labute approximate surface area is 197 Å². The third-order valence-corrected chi connectivity index (χ3v) is 7.45. The first-order valence-corrected chi connectivity index (χ1v) is 11.7. The molecule has 2 bridgehead atoms. The fraction of sp³-hybridized carbons (Fsp3) is 0.739. The topological polar surface area (TPSA) is 57.6 Å². The zero-order valence-corrected chi connectivity index (χ0v) is 19.9. The lowest BCUT2D eigenvalue weighted by atomic mass is 9.82. The second-order valence-electron chi connectivity index (χ2n) is 9.58. The molecular weight excluding hydrogens is 435 g/mol. The molecule has 1 N–H and O–H groups in total. The summed E-state index contributed by atoms with van der Waals surface area (Å²) in [7, 11) is 0. The second-order valence-corrected chi connectivity index (χ2v) is 9.58. The molecule has 174 valence electrons. The minimum Gasteiger partial charge on any atom is -0.340 e. The van der Waals surface area contributed by atoms with Crippen LogP contribution in [0, 0.1) is 5.92 Å². The Bertz CT molecular complexity index is 818. The summed E-state index contributed by atoms with van der Waals surface area (Å²) in [5, 5.41) is 3.41. The Hall–Kier alpha value is -1.08. The Kier molecular flexibility index (Phi) is 8.47. The number of carbonyl (C=O) groups excluding carboxylic acids is 1. The number of amides is 1. The average molecular weight is 471 g/mol. The number of hydrogen-bond donors (Lipinski definition) is 1. The number of halogens is 2. The molecular formula is C23H36Cl2N4O2. The van der Waals surface area contributed by atoms with E-state index in [2.05, 4.69) is 27.2 Å². The zero-order valence-electron chi connectivity index (χ0n) is 18.3. The van der Waals surface area contributed by atoms with E-state index in [0.717, 1.165) is 76.3 Å². The van der Waals surface area contributed by atoms with Crippen molar-refractivity contribution in [1.29, 1.82) is 0 Å². The number of piperidine rings is 3. The highest BCUT2D eigenvalue weighted by atomic mass is 35.5. The van der Waals surface area contributed by atoms with E-state index in [-0.39, 0.29) is 42.3 Å². The van der Waals surface area contributed by atoms with Crippen molar-refractivity contribution in [3.63, 3.8) is 0 Å². The van der Waals surface area contributed by atoms with Gasteiger partial charge in [-0.05, 0) is 63.7 Å². The standard InChI is InChI=1S/C23H34N4O2.2ClH/c28-22-18(15-25-10-4-1-5-11-25)7-8-21-19-12-17(14-27(21)22)13-26(16-19)23(29)20-6-2-3-9-24-20;;/h7-8,17,19-20,24H,1-6,9-16H2;2*1H/t17-,19+,20-;;/m0../s1. The molecule has 3 fully saturated rings. The lowest BCUT2D eigenvalue weighted by Gasteiger charge is -2.44. The fourth-order valence-electron chi connectivity index (χ4n) is 5.93. The molecule has 4 aliphatic heterocycles. The molecule has 0 aromatic carbocycles. The van der Waals surface area contributed by atoms with Gasteiger partial charge in [0.1, 0.15) is 0 Å². The van der Waals surface area contributed by atoms with Gasteiger partial charge in [0.15, 0.2) is 0 Å². The lowest BCUT2D eigenvalue weighted by Crippen LogP contribution is -2.55.